The van der Waals surface area contributed by atoms with E-state index in [0.29, 0.717) is 18.2 Å². The quantitative estimate of drug-likeness (QED) is 0.360. The summed E-state index contributed by atoms with van der Waals surface area (Å²) in [5, 5.41) is 6.40. The van der Waals surface area contributed by atoms with Gasteiger partial charge in [-0.3, -0.25) is 9.74 Å². The Morgan fingerprint density at radius 3 is 1.89 bits per heavy atom. The molecule has 2 heterocycles. The Bertz CT molecular complexity index is 646. The van der Waals surface area contributed by atoms with Crippen LogP contribution in [0.1, 0.15) is 133 Å². The van der Waals surface area contributed by atoms with Gasteiger partial charge < -0.3 is 10.2 Å². The van der Waals surface area contributed by atoms with Crippen molar-refractivity contribution in [1.82, 2.24) is 20.2 Å². The number of nitrogens with one attached hydrogen (secondary N) is 1. The molecule has 2 saturated heterocycles. The molecule has 0 aromatic carbocycles. The Labute approximate surface area is 225 Å². The normalized spacial score (nSPS) is 28.1. The molecule has 0 bridgehead atoms. The second-order valence-electron chi connectivity index (χ2n) is 15.0. The maximum absolute atomic E-state index is 6.71. The Morgan fingerprint density at radius 2 is 1.36 bits per heavy atom. The van der Waals surface area contributed by atoms with Crippen molar-refractivity contribution < 1.29 is 4.84 Å². The number of hydrogen-bond acceptors (Lipinski definition) is 5. The number of nitrogens with zero attached hydrogens (tertiary/aromatic N) is 3. The highest BCUT2D eigenvalue weighted by Crippen LogP contribution is 2.41. The van der Waals surface area contributed by atoms with Gasteiger partial charge >= 0.3 is 0 Å². The number of hydrogen-bond donors (Lipinski definition) is 1. The lowest BCUT2D eigenvalue weighted by Crippen LogP contribution is -2.66. The molecule has 5 heteroatoms. The van der Waals surface area contributed by atoms with Gasteiger partial charge in [-0.05, 0) is 114 Å². The van der Waals surface area contributed by atoms with Crippen molar-refractivity contribution >= 4 is 0 Å². The third kappa shape index (κ3) is 7.46. The van der Waals surface area contributed by atoms with Gasteiger partial charge in [0.2, 0.25) is 0 Å². The van der Waals surface area contributed by atoms with E-state index < -0.39 is 0 Å². The van der Waals surface area contributed by atoms with E-state index in [1.54, 1.807) is 0 Å². The van der Waals surface area contributed by atoms with Crippen molar-refractivity contribution in [2.45, 2.75) is 173 Å². The first kappa shape index (κ1) is 30.3. The molecule has 0 spiro atoms. The summed E-state index contributed by atoms with van der Waals surface area (Å²) in [5.74, 6) is 0. The third-order valence-electron chi connectivity index (χ3n) is 9.59. The highest BCUT2D eigenvalue weighted by atomic mass is 16.7. The molecule has 0 aromatic rings. The standard InChI is InChI=1S/C31H62N4O/c1-11-12-19-33(10)26-23-28(2,3)34(29(4,5)24-26)20-18-32-25-21-30(6,7)35(31(8,9)22-25)36-27-16-14-13-15-17-27/h25-27,32H,11-24H2,1-10H3. The second-order valence-corrected chi connectivity index (χ2v) is 15.0. The van der Waals surface area contributed by atoms with Gasteiger partial charge in [0.15, 0.2) is 0 Å². The summed E-state index contributed by atoms with van der Waals surface area (Å²) in [6.07, 6.45) is 14.3. The molecule has 0 atom stereocenters. The molecule has 0 radical (unpaired) electrons. The molecule has 3 rings (SSSR count). The fourth-order valence-electron chi connectivity index (χ4n) is 8.17. The predicted octanol–water partition coefficient (Wildman–Crippen LogP) is 6.62. The molecule has 0 amide bonds. The van der Waals surface area contributed by atoms with E-state index in [2.05, 4.69) is 89.5 Å². The summed E-state index contributed by atoms with van der Waals surface area (Å²) in [7, 11) is 2.34. The topological polar surface area (TPSA) is 31.0 Å². The molecule has 2 aliphatic heterocycles. The fourth-order valence-corrected chi connectivity index (χ4v) is 8.17. The lowest BCUT2D eigenvalue weighted by atomic mass is 9.76. The van der Waals surface area contributed by atoms with Crippen molar-refractivity contribution in [2.75, 3.05) is 26.7 Å². The van der Waals surface area contributed by atoms with Crippen molar-refractivity contribution in [3.63, 3.8) is 0 Å². The van der Waals surface area contributed by atoms with Crippen LogP contribution in [-0.4, -0.2) is 81.9 Å². The van der Waals surface area contributed by atoms with E-state index in [1.165, 1.54) is 64.3 Å². The minimum atomic E-state index is 0.0385. The van der Waals surface area contributed by atoms with E-state index in [-0.39, 0.29) is 22.2 Å². The zero-order chi connectivity index (χ0) is 26.8. The van der Waals surface area contributed by atoms with Crippen molar-refractivity contribution in [2.24, 2.45) is 0 Å². The Balaban J connectivity index is 1.56. The lowest BCUT2D eigenvalue weighted by molar-refractivity contribution is -0.310. The van der Waals surface area contributed by atoms with Crippen LogP contribution in [0.2, 0.25) is 0 Å². The van der Waals surface area contributed by atoms with E-state index >= 15 is 0 Å². The molecule has 3 fully saturated rings. The average molecular weight is 507 g/mol. The first-order chi connectivity index (χ1) is 16.7. The summed E-state index contributed by atoms with van der Waals surface area (Å²) in [6.45, 7) is 25.1. The maximum Gasteiger partial charge on any atom is 0.0793 e. The average Bonchev–Trinajstić information content (AvgIpc) is 2.76. The molecule has 1 saturated carbocycles. The predicted molar refractivity (Wildman–Crippen MR) is 154 cm³/mol. The Morgan fingerprint density at radius 1 is 0.806 bits per heavy atom. The molecule has 1 aliphatic carbocycles. The van der Waals surface area contributed by atoms with E-state index in [4.69, 9.17) is 4.84 Å². The van der Waals surface area contributed by atoms with Crippen LogP contribution < -0.4 is 5.32 Å². The minimum Gasteiger partial charge on any atom is -0.313 e. The second kappa shape index (κ2) is 11.9. The summed E-state index contributed by atoms with van der Waals surface area (Å²) in [5.41, 5.74) is 0.502. The Kier molecular flexibility index (Phi) is 10.0. The van der Waals surface area contributed by atoms with Crippen LogP contribution in [0.5, 0.6) is 0 Å². The first-order valence-corrected chi connectivity index (χ1v) is 15.4. The van der Waals surface area contributed by atoms with Crippen LogP contribution in [-0.2, 0) is 4.84 Å². The number of rotatable bonds is 10. The molecule has 5 nitrogen and oxygen atoms in total. The van der Waals surface area contributed by atoms with Crippen LogP contribution in [0.4, 0.5) is 0 Å². The first-order valence-electron chi connectivity index (χ1n) is 15.4. The molecular weight excluding hydrogens is 444 g/mol. The summed E-state index contributed by atoms with van der Waals surface area (Å²) < 4.78 is 0. The van der Waals surface area contributed by atoms with Gasteiger partial charge in [-0.15, -0.1) is 0 Å². The monoisotopic (exact) mass is 506 g/mol. The molecule has 0 unspecified atom stereocenters. The van der Waals surface area contributed by atoms with Crippen LogP contribution in [0.25, 0.3) is 0 Å². The Hall–Kier alpha value is -0.200. The van der Waals surface area contributed by atoms with Gasteiger partial charge in [0.1, 0.15) is 0 Å². The van der Waals surface area contributed by atoms with Crippen molar-refractivity contribution in [1.29, 1.82) is 0 Å². The highest BCUT2D eigenvalue weighted by Gasteiger charge is 2.48. The summed E-state index contributed by atoms with van der Waals surface area (Å²) in [4.78, 5) is 12.1. The smallest absolute Gasteiger partial charge is 0.0793 e. The molecule has 36 heavy (non-hydrogen) atoms. The zero-order valence-electron chi connectivity index (χ0n) is 25.9. The van der Waals surface area contributed by atoms with Crippen LogP contribution in [0, 0.1) is 0 Å². The van der Waals surface area contributed by atoms with E-state index in [1.807, 2.05) is 0 Å². The molecule has 0 aromatic heterocycles. The van der Waals surface area contributed by atoms with Gasteiger partial charge in [0.05, 0.1) is 6.10 Å². The van der Waals surface area contributed by atoms with Gasteiger partial charge in [-0.25, -0.2) is 0 Å². The molecule has 3 aliphatic rings. The highest BCUT2D eigenvalue weighted by molar-refractivity contribution is 5.03. The molecule has 212 valence electrons. The van der Waals surface area contributed by atoms with Crippen molar-refractivity contribution in [3.8, 4) is 0 Å². The summed E-state index contributed by atoms with van der Waals surface area (Å²) >= 11 is 0. The van der Waals surface area contributed by atoms with Crippen LogP contribution in [0.3, 0.4) is 0 Å². The largest absolute Gasteiger partial charge is 0.313 e. The van der Waals surface area contributed by atoms with Crippen LogP contribution in [0.15, 0.2) is 0 Å². The van der Waals surface area contributed by atoms with E-state index in [0.717, 1.165) is 25.9 Å². The number of piperidine rings is 2. The van der Waals surface area contributed by atoms with Crippen LogP contribution >= 0.6 is 0 Å². The summed E-state index contributed by atoms with van der Waals surface area (Å²) in [6, 6.07) is 1.21. The number of unbranched alkanes of at least 4 members (excludes halogenated alkanes) is 1. The van der Waals surface area contributed by atoms with Gasteiger partial charge in [-0.1, -0.05) is 32.6 Å². The van der Waals surface area contributed by atoms with Gasteiger partial charge in [0, 0.05) is 47.3 Å². The molecule has 1 N–H and O–H groups in total. The number of likely N-dealkylation sites (tertiary alicyclic amines) is 1. The number of hydroxylamine groups is 2. The fraction of sp³-hybridized carbons (Fsp3) is 1.00. The van der Waals surface area contributed by atoms with E-state index in [9.17, 15) is 0 Å². The lowest BCUT2D eigenvalue weighted by Gasteiger charge is -2.57. The maximum atomic E-state index is 6.71. The zero-order valence-corrected chi connectivity index (χ0v) is 25.9. The SMILES string of the molecule is CCCCN(C)C1CC(C)(C)N(CCNC2CC(C)(C)N(OC3CCCCC3)C(C)(C)C2)C(C)(C)C1. The van der Waals surface area contributed by atoms with Gasteiger partial charge in [0.25, 0.3) is 0 Å². The van der Waals surface area contributed by atoms with Crippen molar-refractivity contribution in [3.05, 3.63) is 0 Å². The third-order valence-corrected chi connectivity index (χ3v) is 9.59. The molecular formula is C31H62N4O. The minimum absolute atomic E-state index is 0.0385. The van der Waals surface area contributed by atoms with Gasteiger partial charge in [-0.2, -0.15) is 5.06 Å².